The summed E-state index contributed by atoms with van der Waals surface area (Å²) >= 11 is 0. The molecule has 6 rings (SSSR count). The smallest absolute Gasteiger partial charge is 0.141 e. The molecule has 0 radical (unpaired) electrons. The fraction of sp³-hybridized carbons (Fsp3) is 0. The SMILES string of the molecule is N#Cc1cc(-c2ccc(-c3ccc4c(c3)oc3cc(-c5ccccc5)ccc34)cc2)ccn1. The van der Waals surface area contributed by atoms with E-state index < -0.39 is 0 Å². The molecule has 0 saturated carbocycles. The van der Waals surface area contributed by atoms with Crippen LogP contribution >= 0.6 is 0 Å². The van der Waals surface area contributed by atoms with Crippen molar-refractivity contribution in [2.24, 2.45) is 0 Å². The van der Waals surface area contributed by atoms with E-state index in [9.17, 15) is 0 Å². The summed E-state index contributed by atoms with van der Waals surface area (Å²) in [5, 5.41) is 11.3. The molecule has 4 aromatic carbocycles. The lowest BCUT2D eigenvalue weighted by Crippen LogP contribution is -1.84. The summed E-state index contributed by atoms with van der Waals surface area (Å²) < 4.78 is 6.26. The van der Waals surface area contributed by atoms with Crippen molar-refractivity contribution < 1.29 is 4.42 Å². The van der Waals surface area contributed by atoms with E-state index in [4.69, 9.17) is 9.68 Å². The van der Waals surface area contributed by atoms with Gasteiger partial charge in [0, 0.05) is 17.0 Å². The molecule has 0 spiro atoms. The number of aromatic nitrogens is 1. The van der Waals surface area contributed by atoms with Crippen molar-refractivity contribution >= 4 is 21.9 Å². The molecule has 0 aliphatic rings. The van der Waals surface area contributed by atoms with E-state index in [-0.39, 0.29) is 0 Å². The number of furan rings is 1. The van der Waals surface area contributed by atoms with Gasteiger partial charge in [0.15, 0.2) is 0 Å². The Morgan fingerprint density at radius 1 is 0.545 bits per heavy atom. The summed E-state index contributed by atoms with van der Waals surface area (Å²) in [6.45, 7) is 0. The van der Waals surface area contributed by atoms with Gasteiger partial charge in [-0.25, -0.2) is 4.98 Å². The number of rotatable bonds is 3. The normalized spacial score (nSPS) is 11.0. The van der Waals surface area contributed by atoms with Crippen LogP contribution in [0.25, 0.3) is 55.3 Å². The number of pyridine rings is 1. The van der Waals surface area contributed by atoms with Gasteiger partial charge in [-0.05, 0) is 69.8 Å². The monoisotopic (exact) mass is 422 g/mol. The van der Waals surface area contributed by atoms with E-state index in [0.717, 1.165) is 49.8 Å². The molecule has 0 aliphatic heterocycles. The van der Waals surface area contributed by atoms with Gasteiger partial charge >= 0.3 is 0 Å². The Balaban J connectivity index is 1.37. The Morgan fingerprint density at radius 2 is 1.06 bits per heavy atom. The largest absolute Gasteiger partial charge is 0.456 e. The van der Waals surface area contributed by atoms with Crippen LogP contribution in [0.3, 0.4) is 0 Å². The van der Waals surface area contributed by atoms with E-state index in [0.29, 0.717) is 5.69 Å². The van der Waals surface area contributed by atoms with Crippen molar-refractivity contribution in [3.8, 4) is 39.4 Å². The van der Waals surface area contributed by atoms with Crippen LogP contribution in [0.2, 0.25) is 0 Å². The van der Waals surface area contributed by atoms with Crippen molar-refractivity contribution in [2.75, 3.05) is 0 Å². The molecule has 0 bridgehead atoms. The van der Waals surface area contributed by atoms with Crippen LogP contribution in [0.1, 0.15) is 5.69 Å². The van der Waals surface area contributed by atoms with Gasteiger partial charge in [0.2, 0.25) is 0 Å². The molecule has 0 N–H and O–H groups in total. The number of hydrogen-bond donors (Lipinski definition) is 0. The Morgan fingerprint density at radius 3 is 1.64 bits per heavy atom. The molecular formula is C30H18N2O. The van der Waals surface area contributed by atoms with Crippen molar-refractivity contribution in [3.05, 3.63) is 115 Å². The second kappa shape index (κ2) is 7.78. The summed E-state index contributed by atoms with van der Waals surface area (Å²) in [6, 6.07) is 37.3. The summed E-state index contributed by atoms with van der Waals surface area (Å²) in [4.78, 5) is 4.05. The minimum absolute atomic E-state index is 0.419. The van der Waals surface area contributed by atoms with Crippen LogP contribution in [0.5, 0.6) is 0 Å². The number of hydrogen-bond acceptors (Lipinski definition) is 3. The van der Waals surface area contributed by atoms with Crippen LogP contribution in [0, 0.1) is 11.3 Å². The topological polar surface area (TPSA) is 49.8 Å². The van der Waals surface area contributed by atoms with Crippen LogP contribution in [-0.2, 0) is 0 Å². The van der Waals surface area contributed by atoms with Crippen LogP contribution in [-0.4, -0.2) is 4.98 Å². The molecular weight excluding hydrogens is 404 g/mol. The number of fused-ring (bicyclic) bond motifs is 3. The summed E-state index contributed by atoms with van der Waals surface area (Å²) in [7, 11) is 0. The quantitative estimate of drug-likeness (QED) is 0.292. The van der Waals surface area contributed by atoms with Gasteiger partial charge in [-0.2, -0.15) is 5.26 Å². The molecule has 0 atom stereocenters. The van der Waals surface area contributed by atoms with E-state index in [1.807, 2.05) is 24.3 Å². The molecule has 2 heterocycles. The number of nitrogens with zero attached hydrogens (tertiary/aromatic N) is 2. The zero-order valence-corrected chi connectivity index (χ0v) is 17.7. The van der Waals surface area contributed by atoms with Crippen molar-refractivity contribution in [1.82, 2.24) is 4.98 Å². The minimum atomic E-state index is 0.419. The molecule has 3 nitrogen and oxygen atoms in total. The van der Waals surface area contributed by atoms with Gasteiger partial charge in [0.05, 0.1) is 0 Å². The first-order valence-electron chi connectivity index (χ1n) is 10.8. The highest BCUT2D eigenvalue weighted by atomic mass is 16.3. The van der Waals surface area contributed by atoms with Gasteiger partial charge in [-0.1, -0.05) is 66.7 Å². The first-order chi connectivity index (χ1) is 16.3. The highest BCUT2D eigenvalue weighted by Gasteiger charge is 2.10. The maximum Gasteiger partial charge on any atom is 0.141 e. The van der Waals surface area contributed by atoms with Gasteiger partial charge in [-0.3, -0.25) is 0 Å². The Bertz CT molecular complexity index is 1660. The average Bonchev–Trinajstić information content (AvgIpc) is 3.26. The molecule has 0 fully saturated rings. The zero-order chi connectivity index (χ0) is 22.2. The second-order valence-electron chi connectivity index (χ2n) is 8.01. The third-order valence-electron chi connectivity index (χ3n) is 6.01. The first kappa shape index (κ1) is 19.0. The third-order valence-corrected chi connectivity index (χ3v) is 6.01. The van der Waals surface area contributed by atoms with Gasteiger partial charge in [0.1, 0.15) is 22.9 Å². The van der Waals surface area contributed by atoms with Crippen LogP contribution in [0.4, 0.5) is 0 Å². The molecule has 33 heavy (non-hydrogen) atoms. The van der Waals surface area contributed by atoms with E-state index in [1.54, 1.807) is 12.3 Å². The molecule has 0 aliphatic carbocycles. The summed E-state index contributed by atoms with van der Waals surface area (Å²) in [5.74, 6) is 0. The average molecular weight is 422 g/mol. The van der Waals surface area contributed by atoms with Gasteiger partial charge in [0.25, 0.3) is 0 Å². The predicted molar refractivity (Wildman–Crippen MR) is 133 cm³/mol. The fourth-order valence-corrected chi connectivity index (χ4v) is 4.29. The predicted octanol–water partition coefficient (Wildman–Crippen LogP) is 7.85. The number of nitriles is 1. The van der Waals surface area contributed by atoms with Gasteiger partial charge < -0.3 is 4.42 Å². The first-order valence-corrected chi connectivity index (χ1v) is 10.8. The summed E-state index contributed by atoms with van der Waals surface area (Å²) in [5.41, 5.74) is 8.76. The fourth-order valence-electron chi connectivity index (χ4n) is 4.29. The maximum absolute atomic E-state index is 9.09. The molecule has 3 heteroatoms. The Hall–Kier alpha value is -4.68. The molecule has 0 unspecified atom stereocenters. The zero-order valence-electron chi connectivity index (χ0n) is 17.7. The maximum atomic E-state index is 9.09. The van der Waals surface area contributed by atoms with Crippen LogP contribution in [0.15, 0.2) is 114 Å². The second-order valence-corrected chi connectivity index (χ2v) is 8.01. The molecule has 0 amide bonds. The molecule has 154 valence electrons. The standard InChI is InChI=1S/C30H18N2O/c31-19-26-16-25(14-15-32-26)22-8-6-21(7-9-22)24-11-13-28-27-12-10-23(20-4-2-1-3-5-20)17-29(27)33-30(28)18-24/h1-18H. The number of benzene rings is 4. The lowest BCUT2D eigenvalue weighted by Gasteiger charge is -2.05. The van der Waals surface area contributed by atoms with Gasteiger partial charge in [-0.15, -0.1) is 0 Å². The molecule has 0 saturated heterocycles. The lowest BCUT2D eigenvalue weighted by molar-refractivity contribution is 0.669. The lowest BCUT2D eigenvalue weighted by atomic mass is 9.99. The van der Waals surface area contributed by atoms with E-state index in [2.05, 4.69) is 83.8 Å². The van der Waals surface area contributed by atoms with Crippen molar-refractivity contribution in [3.63, 3.8) is 0 Å². The highest BCUT2D eigenvalue weighted by Crippen LogP contribution is 2.35. The highest BCUT2D eigenvalue weighted by molar-refractivity contribution is 6.06. The van der Waals surface area contributed by atoms with E-state index in [1.165, 1.54) is 5.56 Å². The Kier molecular flexibility index (Phi) is 4.49. The van der Waals surface area contributed by atoms with Crippen molar-refractivity contribution in [2.45, 2.75) is 0 Å². The van der Waals surface area contributed by atoms with Crippen LogP contribution < -0.4 is 0 Å². The molecule has 2 aromatic heterocycles. The third kappa shape index (κ3) is 3.44. The molecule has 6 aromatic rings. The minimum Gasteiger partial charge on any atom is -0.456 e. The summed E-state index contributed by atoms with van der Waals surface area (Å²) in [6.07, 6.45) is 1.67. The Labute approximate surface area is 191 Å². The van der Waals surface area contributed by atoms with E-state index >= 15 is 0 Å². The van der Waals surface area contributed by atoms with Crippen molar-refractivity contribution in [1.29, 1.82) is 5.26 Å².